The molecular formula is C21H23ClN2O3. The summed E-state index contributed by atoms with van der Waals surface area (Å²) in [5.41, 5.74) is 1.68. The van der Waals surface area contributed by atoms with E-state index in [-0.39, 0.29) is 17.9 Å². The van der Waals surface area contributed by atoms with E-state index in [1.165, 1.54) is 6.08 Å². The number of benzene rings is 2. The van der Waals surface area contributed by atoms with Crippen molar-refractivity contribution < 1.29 is 14.3 Å². The molecule has 2 unspecified atom stereocenters. The van der Waals surface area contributed by atoms with Gasteiger partial charge in [-0.15, -0.1) is 0 Å². The van der Waals surface area contributed by atoms with Gasteiger partial charge in [0.1, 0.15) is 11.8 Å². The zero-order chi connectivity index (χ0) is 19.8. The summed E-state index contributed by atoms with van der Waals surface area (Å²) < 4.78 is 5.09. The lowest BCUT2D eigenvalue weighted by molar-refractivity contribution is -0.127. The van der Waals surface area contributed by atoms with Gasteiger partial charge in [0.25, 0.3) is 0 Å². The standard InChI is InChI=1S/C21H23ClN2O3/c1-14(18-6-4-5-7-19(18)22)24-21(26)15(2)23-20(25)13-10-16-8-11-17(27-3)12-9-16/h4-15H,1-3H3,(H,23,25)(H,24,26)/b13-10+. The summed E-state index contributed by atoms with van der Waals surface area (Å²) in [5, 5.41) is 6.09. The van der Waals surface area contributed by atoms with Crippen LogP contribution in [0.3, 0.4) is 0 Å². The Kier molecular flexibility index (Phi) is 7.44. The molecule has 0 saturated heterocycles. The number of hydrogen-bond donors (Lipinski definition) is 2. The minimum atomic E-state index is -0.678. The van der Waals surface area contributed by atoms with E-state index in [2.05, 4.69) is 10.6 Å². The van der Waals surface area contributed by atoms with Gasteiger partial charge in [0.2, 0.25) is 11.8 Å². The summed E-state index contributed by atoms with van der Waals surface area (Å²) in [6, 6.07) is 13.7. The first kappa shape index (κ1) is 20.5. The van der Waals surface area contributed by atoms with Crippen molar-refractivity contribution in [2.75, 3.05) is 7.11 Å². The molecule has 0 bridgehead atoms. The van der Waals surface area contributed by atoms with Crippen LogP contribution >= 0.6 is 11.6 Å². The van der Waals surface area contributed by atoms with Gasteiger partial charge < -0.3 is 15.4 Å². The first-order valence-corrected chi connectivity index (χ1v) is 8.96. The Labute approximate surface area is 164 Å². The number of halogens is 1. The number of rotatable bonds is 7. The predicted molar refractivity (Wildman–Crippen MR) is 108 cm³/mol. The zero-order valence-corrected chi connectivity index (χ0v) is 16.3. The molecule has 0 aromatic heterocycles. The van der Waals surface area contributed by atoms with E-state index in [0.717, 1.165) is 16.9 Å². The van der Waals surface area contributed by atoms with Crippen molar-refractivity contribution in [3.8, 4) is 5.75 Å². The molecule has 0 spiro atoms. The number of ether oxygens (including phenoxy) is 1. The van der Waals surface area contributed by atoms with Crippen LogP contribution in [0.5, 0.6) is 5.75 Å². The Morgan fingerprint density at radius 2 is 1.70 bits per heavy atom. The van der Waals surface area contributed by atoms with Crippen molar-refractivity contribution in [3.63, 3.8) is 0 Å². The zero-order valence-electron chi connectivity index (χ0n) is 15.5. The molecule has 27 heavy (non-hydrogen) atoms. The largest absolute Gasteiger partial charge is 0.497 e. The van der Waals surface area contributed by atoms with Crippen LogP contribution in [0.4, 0.5) is 0 Å². The molecule has 5 nitrogen and oxygen atoms in total. The average Bonchev–Trinajstić information content (AvgIpc) is 2.66. The maximum Gasteiger partial charge on any atom is 0.244 e. The van der Waals surface area contributed by atoms with Gasteiger partial charge in [-0.05, 0) is 49.2 Å². The van der Waals surface area contributed by atoms with E-state index in [4.69, 9.17) is 16.3 Å². The highest BCUT2D eigenvalue weighted by atomic mass is 35.5. The number of nitrogens with one attached hydrogen (secondary N) is 2. The molecule has 0 saturated carbocycles. The van der Waals surface area contributed by atoms with Crippen molar-refractivity contribution in [3.05, 3.63) is 70.8 Å². The number of hydrogen-bond acceptors (Lipinski definition) is 3. The minimum absolute atomic E-state index is 0.264. The van der Waals surface area contributed by atoms with Crippen molar-refractivity contribution >= 4 is 29.5 Å². The molecule has 142 valence electrons. The molecule has 6 heteroatoms. The monoisotopic (exact) mass is 386 g/mol. The summed E-state index contributed by atoms with van der Waals surface area (Å²) in [4.78, 5) is 24.4. The number of carbonyl (C=O) groups excluding carboxylic acids is 2. The molecule has 0 fully saturated rings. The van der Waals surface area contributed by atoms with E-state index in [9.17, 15) is 9.59 Å². The number of carbonyl (C=O) groups is 2. The molecule has 2 aromatic rings. The predicted octanol–water partition coefficient (Wildman–Crippen LogP) is 3.74. The van der Waals surface area contributed by atoms with E-state index in [1.54, 1.807) is 26.2 Å². The van der Waals surface area contributed by atoms with E-state index >= 15 is 0 Å². The third-order valence-corrected chi connectivity index (χ3v) is 4.37. The molecule has 2 N–H and O–H groups in total. The topological polar surface area (TPSA) is 67.4 Å². The van der Waals surface area contributed by atoms with Crippen LogP contribution < -0.4 is 15.4 Å². The normalized spacial score (nSPS) is 13.0. The molecular weight excluding hydrogens is 364 g/mol. The fourth-order valence-corrected chi connectivity index (χ4v) is 2.76. The quantitative estimate of drug-likeness (QED) is 0.712. The average molecular weight is 387 g/mol. The van der Waals surface area contributed by atoms with E-state index in [1.807, 2.05) is 49.4 Å². The lowest BCUT2D eigenvalue weighted by Crippen LogP contribution is -2.45. The minimum Gasteiger partial charge on any atom is -0.497 e. The summed E-state index contributed by atoms with van der Waals surface area (Å²) >= 11 is 6.15. The SMILES string of the molecule is COc1ccc(/C=C/C(=O)NC(C)C(=O)NC(C)c2ccccc2Cl)cc1. The molecule has 0 aliphatic rings. The third-order valence-electron chi connectivity index (χ3n) is 4.03. The van der Waals surface area contributed by atoms with Crippen LogP contribution in [0, 0.1) is 0 Å². The number of methoxy groups -OCH3 is 1. The highest BCUT2D eigenvalue weighted by Crippen LogP contribution is 2.22. The Balaban J connectivity index is 1.88. The summed E-state index contributed by atoms with van der Waals surface area (Å²) in [6.45, 7) is 3.48. The van der Waals surface area contributed by atoms with Crippen LogP contribution in [0.1, 0.15) is 31.0 Å². The molecule has 0 radical (unpaired) electrons. The van der Waals surface area contributed by atoms with Gasteiger partial charge in [0.15, 0.2) is 0 Å². The van der Waals surface area contributed by atoms with Crippen molar-refractivity contribution in [2.24, 2.45) is 0 Å². The van der Waals surface area contributed by atoms with Crippen molar-refractivity contribution in [1.82, 2.24) is 10.6 Å². The Morgan fingerprint density at radius 3 is 2.33 bits per heavy atom. The second-order valence-corrected chi connectivity index (χ2v) is 6.50. The summed E-state index contributed by atoms with van der Waals surface area (Å²) in [6.07, 6.45) is 3.06. The molecule has 0 aliphatic heterocycles. The van der Waals surface area contributed by atoms with Crippen LogP contribution in [0.15, 0.2) is 54.6 Å². The van der Waals surface area contributed by atoms with Gasteiger partial charge in [0, 0.05) is 11.1 Å². The second kappa shape index (κ2) is 9.78. The van der Waals surface area contributed by atoms with Gasteiger partial charge in [-0.1, -0.05) is 41.9 Å². The lowest BCUT2D eigenvalue weighted by atomic mass is 10.1. The van der Waals surface area contributed by atoms with Crippen molar-refractivity contribution in [1.29, 1.82) is 0 Å². The molecule has 0 aliphatic carbocycles. The lowest BCUT2D eigenvalue weighted by Gasteiger charge is -2.19. The van der Waals surface area contributed by atoms with Crippen LogP contribution in [-0.2, 0) is 9.59 Å². The smallest absolute Gasteiger partial charge is 0.244 e. The third kappa shape index (κ3) is 6.15. The fraction of sp³-hybridized carbons (Fsp3) is 0.238. The fourth-order valence-electron chi connectivity index (χ4n) is 2.46. The van der Waals surface area contributed by atoms with Gasteiger partial charge in [-0.25, -0.2) is 0 Å². The highest BCUT2D eigenvalue weighted by Gasteiger charge is 2.18. The number of amides is 2. The molecule has 2 atom stereocenters. The van der Waals surface area contributed by atoms with E-state index < -0.39 is 6.04 Å². The Morgan fingerprint density at radius 1 is 1.04 bits per heavy atom. The maximum absolute atomic E-state index is 12.3. The highest BCUT2D eigenvalue weighted by molar-refractivity contribution is 6.31. The summed E-state index contributed by atoms with van der Waals surface area (Å²) in [5.74, 6) is 0.113. The molecule has 0 heterocycles. The van der Waals surface area contributed by atoms with Crippen LogP contribution in [0.25, 0.3) is 6.08 Å². The Bertz CT molecular complexity index is 818. The van der Waals surface area contributed by atoms with E-state index in [0.29, 0.717) is 5.02 Å². The van der Waals surface area contributed by atoms with Gasteiger partial charge in [-0.2, -0.15) is 0 Å². The van der Waals surface area contributed by atoms with Crippen molar-refractivity contribution in [2.45, 2.75) is 25.9 Å². The molecule has 2 rings (SSSR count). The van der Waals surface area contributed by atoms with Crippen LogP contribution in [-0.4, -0.2) is 25.0 Å². The Hall–Kier alpha value is -2.79. The van der Waals surface area contributed by atoms with Gasteiger partial charge in [-0.3, -0.25) is 9.59 Å². The first-order valence-electron chi connectivity index (χ1n) is 8.58. The van der Waals surface area contributed by atoms with Crippen LogP contribution in [0.2, 0.25) is 5.02 Å². The van der Waals surface area contributed by atoms with Gasteiger partial charge >= 0.3 is 0 Å². The second-order valence-electron chi connectivity index (χ2n) is 6.09. The maximum atomic E-state index is 12.3. The first-order chi connectivity index (χ1) is 12.9. The molecule has 2 aromatic carbocycles. The molecule has 2 amide bonds. The summed E-state index contributed by atoms with van der Waals surface area (Å²) in [7, 11) is 1.59. The van der Waals surface area contributed by atoms with Gasteiger partial charge in [0.05, 0.1) is 13.2 Å².